The smallest absolute Gasteiger partial charge is 0.407 e. The third-order valence-electron chi connectivity index (χ3n) is 5.67. The highest BCUT2D eigenvalue weighted by atomic mass is 79.9. The third-order valence-corrected chi connectivity index (χ3v) is 6.16. The van der Waals surface area contributed by atoms with Gasteiger partial charge in [-0.15, -0.1) is 0 Å². The molecule has 1 saturated heterocycles. The summed E-state index contributed by atoms with van der Waals surface area (Å²) in [5.74, 6) is 0. The molecular formula is C23H30BrN3O2. The zero-order valence-corrected chi connectivity index (χ0v) is 19.1. The summed E-state index contributed by atoms with van der Waals surface area (Å²) in [4.78, 5) is 19.7. The number of carbonyl (C=O) groups is 1. The number of nitrogens with one attached hydrogen (secondary N) is 1. The van der Waals surface area contributed by atoms with Crippen LogP contribution in [0.5, 0.6) is 0 Å². The van der Waals surface area contributed by atoms with Crippen LogP contribution >= 0.6 is 15.9 Å². The van der Waals surface area contributed by atoms with Gasteiger partial charge in [0.25, 0.3) is 0 Å². The number of halogens is 1. The van der Waals surface area contributed by atoms with E-state index >= 15 is 0 Å². The van der Waals surface area contributed by atoms with Gasteiger partial charge in [-0.05, 0) is 76.6 Å². The Morgan fingerprint density at radius 3 is 2.83 bits per heavy atom. The Bertz CT molecular complexity index is 922. The molecule has 1 aromatic carbocycles. The Morgan fingerprint density at radius 2 is 2.03 bits per heavy atom. The Morgan fingerprint density at radius 1 is 1.24 bits per heavy atom. The largest absolute Gasteiger partial charge is 0.444 e. The molecule has 0 bridgehead atoms. The molecule has 29 heavy (non-hydrogen) atoms. The quantitative estimate of drug-likeness (QED) is 0.613. The van der Waals surface area contributed by atoms with E-state index in [1.807, 2.05) is 20.8 Å². The second-order valence-electron chi connectivity index (χ2n) is 9.19. The number of aryl methyl sites for hydroxylation is 1. The molecule has 1 N–H and O–H groups in total. The molecular weight excluding hydrogens is 430 g/mol. The lowest BCUT2D eigenvalue weighted by Crippen LogP contribution is -2.40. The van der Waals surface area contributed by atoms with Gasteiger partial charge in [-0.1, -0.05) is 22.4 Å². The normalized spacial score (nSPS) is 19.7. The lowest BCUT2D eigenvalue weighted by Gasteiger charge is -2.26. The van der Waals surface area contributed by atoms with Crippen LogP contribution in [-0.4, -0.2) is 35.8 Å². The fraction of sp³-hybridized carbons (Fsp3) is 0.565. The van der Waals surface area contributed by atoms with E-state index in [1.165, 1.54) is 41.6 Å². The van der Waals surface area contributed by atoms with Crippen LogP contribution in [0.3, 0.4) is 0 Å². The molecule has 5 nitrogen and oxygen atoms in total. The highest BCUT2D eigenvalue weighted by Gasteiger charge is 2.30. The molecule has 1 fully saturated rings. The van der Waals surface area contributed by atoms with Crippen LogP contribution in [0.15, 0.2) is 22.7 Å². The Labute approximate surface area is 181 Å². The summed E-state index contributed by atoms with van der Waals surface area (Å²) >= 11 is 3.64. The maximum absolute atomic E-state index is 12.2. The molecule has 6 heteroatoms. The van der Waals surface area contributed by atoms with Gasteiger partial charge in [-0.25, -0.2) is 4.79 Å². The number of nitrogens with zero attached hydrogens (tertiary/aromatic N) is 2. The van der Waals surface area contributed by atoms with Crippen molar-refractivity contribution in [2.75, 3.05) is 18.0 Å². The molecule has 2 heterocycles. The predicted molar refractivity (Wildman–Crippen MR) is 121 cm³/mol. The summed E-state index contributed by atoms with van der Waals surface area (Å²) < 4.78 is 6.52. The maximum Gasteiger partial charge on any atom is 0.407 e. The average Bonchev–Trinajstić information content (AvgIpc) is 2.94. The summed E-state index contributed by atoms with van der Waals surface area (Å²) in [5, 5.41) is 4.27. The van der Waals surface area contributed by atoms with E-state index in [1.54, 1.807) is 0 Å². The van der Waals surface area contributed by atoms with E-state index < -0.39 is 5.60 Å². The molecule has 0 saturated carbocycles. The number of rotatable bonds is 2. The molecule has 2 aliphatic rings. The number of amides is 1. The highest BCUT2D eigenvalue weighted by molar-refractivity contribution is 9.10. The first-order valence-electron chi connectivity index (χ1n) is 10.7. The van der Waals surface area contributed by atoms with Gasteiger partial charge in [0.2, 0.25) is 0 Å². The molecule has 1 atom stereocenters. The van der Waals surface area contributed by atoms with Gasteiger partial charge in [0, 0.05) is 28.6 Å². The van der Waals surface area contributed by atoms with E-state index in [4.69, 9.17) is 9.72 Å². The zero-order valence-electron chi connectivity index (χ0n) is 17.6. The van der Waals surface area contributed by atoms with Gasteiger partial charge in [0.1, 0.15) is 5.60 Å². The van der Waals surface area contributed by atoms with Crippen molar-refractivity contribution in [2.45, 2.75) is 70.9 Å². The Balaban J connectivity index is 1.64. The first-order chi connectivity index (χ1) is 13.8. The summed E-state index contributed by atoms with van der Waals surface area (Å²) in [6.45, 7) is 7.41. The third kappa shape index (κ3) is 4.68. The van der Waals surface area contributed by atoms with E-state index in [0.29, 0.717) is 0 Å². The Kier molecular flexibility index (Phi) is 5.74. The van der Waals surface area contributed by atoms with Crippen LogP contribution in [0.1, 0.15) is 57.7 Å². The number of anilines is 1. The van der Waals surface area contributed by atoms with E-state index in [2.05, 4.69) is 44.3 Å². The number of aromatic nitrogens is 1. The number of hydrogen-bond donors (Lipinski definition) is 1. The first kappa shape index (κ1) is 20.5. The van der Waals surface area contributed by atoms with Gasteiger partial charge in [0.05, 0.1) is 17.2 Å². The molecule has 0 unspecified atom stereocenters. The Hall–Kier alpha value is -1.82. The van der Waals surface area contributed by atoms with Gasteiger partial charge >= 0.3 is 6.09 Å². The predicted octanol–water partition coefficient (Wildman–Crippen LogP) is 5.37. The number of hydrogen-bond acceptors (Lipinski definition) is 4. The molecule has 1 aliphatic carbocycles. The van der Waals surface area contributed by atoms with E-state index in [9.17, 15) is 4.79 Å². The topological polar surface area (TPSA) is 54.5 Å². The van der Waals surface area contributed by atoms with Crippen molar-refractivity contribution in [3.05, 3.63) is 33.9 Å². The molecule has 156 valence electrons. The molecule has 0 spiro atoms. The van der Waals surface area contributed by atoms with Crippen molar-refractivity contribution in [1.29, 1.82) is 0 Å². The summed E-state index contributed by atoms with van der Waals surface area (Å²) in [6.07, 6.45) is 6.43. The van der Waals surface area contributed by atoms with Crippen LogP contribution < -0.4 is 10.2 Å². The van der Waals surface area contributed by atoms with Crippen LogP contribution in [0.25, 0.3) is 10.9 Å². The molecule has 0 radical (unpaired) electrons. The highest BCUT2D eigenvalue weighted by Crippen LogP contribution is 2.38. The van der Waals surface area contributed by atoms with Crippen molar-refractivity contribution in [2.24, 2.45) is 0 Å². The average molecular weight is 460 g/mol. The summed E-state index contributed by atoms with van der Waals surface area (Å²) in [5.41, 5.74) is 4.57. The summed E-state index contributed by atoms with van der Waals surface area (Å²) in [6, 6.07) is 6.47. The standard InChI is InChI=1S/C23H30BrN3O2/c1-23(2,3)29-22(28)25-16-11-12-27(14-16)21-17-7-5-4-6-8-19(17)26-20-10-9-15(24)13-18(20)21/h9-10,13,16H,4-8,11-12,14H2,1-3H3,(H,25,28)/t16-/m0/s1. The minimum atomic E-state index is -0.479. The molecule has 2 aromatic rings. The number of ether oxygens (including phenoxy) is 1. The van der Waals surface area contributed by atoms with Crippen molar-refractivity contribution < 1.29 is 9.53 Å². The lowest BCUT2D eigenvalue weighted by atomic mass is 10.0. The second-order valence-corrected chi connectivity index (χ2v) is 10.1. The SMILES string of the molecule is CC(C)(C)OC(=O)N[C@H]1CCN(c2c3c(nc4ccc(Br)cc24)CCCCC3)C1. The molecule has 1 aliphatic heterocycles. The van der Waals surface area contributed by atoms with Gasteiger partial charge < -0.3 is 15.0 Å². The lowest BCUT2D eigenvalue weighted by molar-refractivity contribution is 0.0509. The fourth-order valence-electron chi connectivity index (χ4n) is 4.46. The molecule has 4 rings (SSSR count). The van der Waals surface area contributed by atoms with E-state index in [-0.39, 0.29) is 12.1 Å². The number of fused-ring (bicyclic) bond motifs is 2. The number of carbonyl (C=O) groups excluding carboxylic acids is 1. The first-order valence-corrected chi connectivity index (χ1v) is 11.4. The zero-order chi connectivity index (χ0) is 20.6. The van der Waals surface area contributed by atoms with Crippen LogP contribution in [-0.2, 0) is 17.6 Å². The van der Waals surface area contributed by atoms with Crippen molar-refractivity contribution in [3.63, 3.8) is 0 Å². The van der Waals surface area contributed by atoms with Crippen LogP contribution in [0.4, 0.5) is 10.5 Å². The summed E-state index contributed by atoms with van der Waals surface area (Å²) in [7, 11) is 0. The van der Waals surface area contributed by atoms with Gasteiger partial charge in [-0.2, -0.15) is 0 Å². The monoisotopic (exact) mass is 459 g/mol. The minimum Gasteiger partial charge on any atom is -0.444 e. The van der Waals surface area contributed by atoms with Crippen LogP contribution in [0, 0.1) is 0 Å². The molecule has 1 amide bonds. The number of alkyl carbamates (subject to hydrolysis) is 1. The van der Waals surface area contributed by atoms with Gasteiger partial charge in [-0.3, -0.25) is 4.98 Å². The fourth-order valence-corrected chi connectivity index (χ4v) is 4.83. The molecule has 1 aromatic heterocycles. The number of benzene rings is 1. The van der Waals surface area contributed by atoms with Crippen molar-refractivity contribution in [3.8, 4) is 0 Å². The van der Waals surface area contributed by atoms with E-state index in [0.717, 1.165) is 42.3 Å². The number of pyridine rings is 1. The van der Waals surface area contributed by atoms with Crippen LogP contribution in [0.2, 0.25) is 0 Å². The maximum atomic E-state index is 12.2. The van der Waals surface area contributed by atoms with Crippen molar-refractivity contribution >= 4 is 38.6 Å². The van der Waals surface area contributed by atoms with Gasteiger partial charge in [0.15, 0.2) is 0 Å². The second kappa shape index (κ2) is 8.13. The van der Waals surface area contributed by atoms with Crippen molar-refractivity contribution in [1.82, 2.24) is 10.3 Å². The minimum absolute atomic E-state index is 0.0987.